The van der Waals surface area contributed by atoms with Crippen LogP contribution in [0.15, 0.2) is 0 Å². The Morgan fingerprint density at radius 3 is 2.75 bits per heavy atom. The first-order valence-electron chi connectivity index (χ1n) is 6.00. The van der Waals surface area contributed by atoms with Gasteiger partial charge in [0.2, 0.25) is 5.91 Å². The maximum absolute atomic E-state index is 11.3. The van der Waals surface area contributed by atoms with Crippen molar-refractivity contribution in [1.82, 2.24) is 10.6 Å². The summed E-state index contributed by atoms with van der Waals surface area (Å²) in [4.78, 5) is 11.3. The minimum Gasteiger partial charge on any atom is -0.342 e. The van der Waals surface area contributed by atoms with Crippen molar-refractivity contribution in [2.24, 2.45) is 11.8 Å². The summed E-state index contributed by atoms with van der Waals surface area (Å²) in [6.45, 7) is 4.99. The van der Waals surface area contributed by atoms with Crippen molar-refractivity contribution in [2.45, 2.75) is 39.2 Å². The molecule has 1 rings (SSSR count). The molecule has 4 heteroatoms. The molecule has 90 valence electrons. The summed E-state index contributed by atoms with van der Waals surface area (Å²) in [5.74, 6) is 1.44. The molecule has 1 amide bonds. The van der Waals surface area contributed by atoms with Gasteiger partial charge in [0, 0.05) is 6.04 Å². The Balaban J connectivity index is 2.18. The van der Waals surface area contributed by atoms with Crippen LogP contribution in [0.4, 0.5) is 0 Å². The number of nitrogens with zero attached hydrogens (tertiary/aromatic N) is 1. The lowest BCUT2D eigenvalue weighted by molar-refractivity contribution is -0.120. The van der Waals surface area contributed by atoms with E-state index in [1.165, 1.54) is 6.42 Å². The van der Waals surface area contributed by atoms with Crippen LogP contribution in [0.3, 0.4) is 0 Å². The predicted octanol–water partition coefficient (Wildman–Crippen LogP) is 1.04. The normalized spacial score (nSPS) is 29.4. The van der Waals surface area contributed by atoms with Gasteiger partial charge in [0.1, 0.15) is 6.54 Å². The van der Waals surface area contributed by atoms with Crippen molar-refractivity contribution in [3.05, 3.63) is 0 Å². The van der Waals surface area contributed by atoms with Crippen LogP contribution in [-0.4, -0.2) is 25.0 Å². The van der Waals surface area contributed by atoms with E-state index in [9.17, 15) is 4.79 Å². The van der Waals surface area contributed by atoms with Gasteiger partial charge in [0.05, 0.1) is 12.6 Å². The number of amides is 1. The number of nitrogens with one attached hydrogen (secondary N) is 2. The van der Waals surface area contributed by atoms with Crippen molar-refractivity contribution < 1.29 is 4.79 Å². The van der Waals surface area contributed by atoms with Gasteiger partial charge in [0.15, 0.2) is 0 Å². The van der Waals surface area contributed by atoms with Gasteiger partial charge in [-0.3, -0.25) is 4.79 Å². The van der Waals surface area contributed by atoms with E-state index < -0.39 is 0 Å². The van der Waals surface area contributed by atoms with E-state index in [4.69, 9.17) is 5.26 Å². The van der Waals surface area contributed by atoms with Crippen LogP contribution in [0.1, 0.15) is 33.1 Å². The Morgan fingerprint density at radius 2 is 2.12 bits per heavy atom. The molecule has 3 atom stereocenters. The molecule has 0 heterocycles. The number of rotatable bonds is 4. The summed E-state index contributed by atoms with van der Waals surface area (Å²) >= 11 is 0. The Hall–Kier alpha value is -1.08. The summed E-state index contributed by atoms with van der Waals surface area (Å²) in [5, 5.41) is 14.1. The van der Waals surface area contributed by atoms with Crippen LogP contribution >= 0.6 is 0 Å². The molecule has 16 heavy (non-hydrogen) atoms. The van der Waals surface area contributed by atoms with Crippen LogP contribution < -0.4 is 10.6 Å². The minimum absolute atomic E-state index is 0.0900. The van der Waals surface area contributed by atoms with Gasteiger partial charge in [-0.05, 0) is 31.1 Å². The molecule has 0 aliphatic heterocycles. The third-order valence-corrected chi connectivity index (χ3v) is 3.51. The smallest absolute Gasteiger partial charge is 0.234 e. The van der Waals surface area contributed by atoms with E-state index >= 15 is 0 Å². The number of carbonyl (C=O) groups is 1. The quantitative estimate of drug-likeness (QED) is 0.700. The zero-order chi connectivity index (χ0) is 12.0. The van der Waals surface area contributed by atoms with E-state index in [-0.39, 0.29) is 12.5 Å². The molecule has 1 aliphatic rings. The van der Waals surface area contributed by atoms with E-state index in [0.717, 1.165) is 24.7 Å². The Bertz CT molecular complexity index is 272. The summed E-state index contributed by atoms with van der Waals surface area (Å²) in [5.41, 5.74) is 0. The van der Waals surface area contributed by atoms with E-state index in [2.05, 4.69) is 24.5 Å². The van der Waals surface area contributed by atoms with Crippen LogP contribution in [0, 0.1) is 23.2 Å². The molecule has 3 unspecified atom stereocenters. The fraction of sp³-hybridized carbons (Fsp3) is 0.833. The number of hydrogen-bond donors (Lipinski definition) is 2. The Kier molecular flexibility index (Phi) is 5.27. The standard InChI is InChI=1S/C12H21N3O/c1-9-3-4-11(7-10(9)2)15-8-12(16)14-6-5-13/h9-11,15H,3-4,6-8H2,1-2H3,(H,14,16). The van der Waals surface area contributed by atoms with Crippen molar-refractivity contribution in [3.8, 4) is 6.07 Å². The molecule has 1 fully saturated rings. The van der Waals surface area contributed by atoms with Crippen LogP contribution in [-0.2, 0) is 4.79 Å². The zero-order valence-corrected chi connectivity index (χ0v) is 10.1. The Morgan fingerprint density at radius 1 is 1.38 bits per heavy atom. The van der Waals surface area contributed by atoms with E-state index in [1.54, 1.807) is 0 Å². The summed E-state index contributed by atoms with van der Waals surface area (Å²) in [6.07, 6.45) is 3.53. The third-order valence-electron chi connectivity index (χ3n) is 3.51. The maximum atomic E-state index is 11.3. The highest BCUT2D eigenvalue weighted by Crippen LogP contribution is 2.29. The molecule has 0 saturated heterocycles. The summed E-state index contributed by atoms with van der Waals surface area (Å²) in [7, 11) is 0. The molecule has 4 nitrogen and oxygen atoms in total. The molecular formula is C12H21N3O. The highest BCUT2D eigenvalue weighted by molar-refractivity contribution is 5.78. The monoisotopic (exact) mass is 223 g/mol. The molecule has 0 spiro atoms. The first-order valence-corrected chi connectivity index (χ1v) is 6.00. The maximum Gasteiger partial charge on any atom is 0.234 e. The largest absolute Gasteiger partial charge is 0.342 e. The van der Waals surface area contributed by atoms with Gasteiger partial charge < -0.3 is 10.6 Å². The van der Waals surface area contributed by atoms with Gasteiger partial charge in [-0.1, -0.05) is 13.8 Å². The topological polar surface area (TPSA) is 64.9 Å². The van der Waals surface area contributed by atoms with Gasteiger partial charge in [0.25, 0.3) is 0 Å². The lowest BCUT2D eigenvalue weighted by Crippen LogP contribution is -2.42. The SMILES string of the molecule is CC1CCC(NCC(=O)NCC#N)CC1C. The molecule has 1 aliphatic carbocycles. The van der Waals surface area contributed by atoms with Crippen molar-refractivity contribution in [1.29, 1.82) is 5.26 Å². The first kappa shape index (κ1) is 13.0. The average Bonchev–Trinajstić information content (AvgIpc) is 2.28. The van der Waals surface area contributed by atoms with Crippen molar-refractivity contribution >= 4 is 5.91 Å². The molecule has 0 aromatic carbocycles. The lowest BCUT2D eigenvalue weighted by atomic mass is 9.79. The summed E-state index contributed by atoms with van der Waals surface area (Å²) in [6, 6.07) is 2.35. The highest BCUT2D eigenvalue weighted by atomic mass is 16.1. The third kappa shape index (κ3) is 4.19. The van der Waals surface area contributed by atoms with Crippen LogP contribution in [0.5, 0.6) is 0 Å². The van der Waals surface area contributed by atoms with Gasteiger partial charge in [-0.2, -0.15) is 5.26 Å². The van der Waals surface area contributed by atoms with Crippen LogP contribution in [0.2, 0.25) is 0 Å². The number of nitriles is 1. The van der Waals surface area contributed by atoms with Crippen LogP contribution in [0.25, 0.3) is 0 Å². The predicted molar refractivity (Wildman–Crippen MR) is 62.6 cm³/mol. The fourth-order valence-corrected chi connectivity index (χ4v) is 2.17. The number of hydrogen-bond acceptors (Lipinski definition) is 3. The van der Waals surface area contributed by atoms with Gasteiger partial charge in [-0.25, -0.2) is 0 Å². The minimum atomic E-state index is -0.0900. The first-order chi connectivity index (χ1) is 7.63. The second-order valence-corrected chi connectivity index (χ2v) is 4.78. The molecule has 2 N–H and O–H groups in total. The Labute approximate surface area is 97.4 Å². The highest BCUT2D eigenvalue weighted by Gasteiger charge is 2.24. The van der Waals surface area contributed by atoms with Crippen molar-refractivity contribution in [3.63, 3.8) is 0 Å². The van der Waals surface area contributed by atoms with Crippen molar-refractivity contribution in [2.75, 3.05) is 13.1 Å². The number of carbonyl (C=O) groups excluding carboxylic acids is 1. The molecule has 1 saturated carbocycles. The average molecular weight is 223 g/mol. The fourth-order valence-electron chi connectivity index (χ4n) is 2.17. The van der Waals surface area contributed by atoms with E-state index in [0.29, 0.717) is 12.6 Å². The molecule has 0 radical (unpaired) electrons. The second kappa shape index (κ2) is 6.49. The molecular weight excluding hydrogens is 202 g/mol. The molecule has 0 bridgehead atoms. The van der Waals surface area contributed by atoms with Gasteiger partial charge >= 0.3 is 0 Å². The summed E-state index contributed by atoms with van der Waals surface area (Å²) < 4.78 is 0. The van der Waals surface area contributed by atoms with Gasteiger partial charge in [-0.15, -0.1) is 0 Å². The molecule has 0 aromatic heterocycles. The second-order valence-electron chi connectivity index (χ2n) is 4.78. The van der Waals surface area contributed by atoms with E-state index in [1.807, 2.05) is 6.07 Å². The zero-order valence-electron chi connectivity index (χ0n) is 10.1. The molecule has 0 aromatic rings. The lowest BCUT2D eigenvalue weighted by Gasteiger charge is -2.32.